The molecule has 2 aliphatic heterocycles. The van der Waals surface area contributed by atoms with E-state index in [9.17, 15) is 18.9 Å². The monoisotopic (exact) mass is 507 g/mol. The van der Waals surface area contributed by atoms with E-state index in [4.69, 9.17) is 4.74 Å². The molecule has 2 atom stereocenters. The first-order valence-corrected chi connectivity index (χ1v) is 12.5. The summed E-state index contributed by atoms with van der Waals surface area (Å²) in [6, 6.07) is 2.40. The number of nitrogens with one attached hydrogen (secondary N) is 3. The number of halogens is 1. The van der Waals surface area contributed by atoms with E-state index in [-0.39, 0.29) is 28.9 Å². The smallest absolute Gasteiger partial charge is 0.410 e. The molecule has 0 bridgehead atoms. The van der Waals surface area contributed by atoms with Gasteiger partial charge in [0, 0.05) is 6.54 Å². The Balaban J connectivity index is 1.76. The number of anilines is 1. The van der Waals surface area contributed by atoms with Crippen molar-refractivity contribution in [1.82, 2.24) is 25.0 Å². The van der Waals surface area contributed by atoms with E-state index in [2.05, 4.69) is 35.3 Å². The molecule has 0 aromatic carbocycles. The van der Waals surface area contributed by atoms with Gasteiger partial charge >= 0.3 is 6.09 Å². The van der Waals surface area contributed by atoms with Gasteiger partial charge in [-0.3, -0.25) is 24.0 Å². The van der Waals surface area contributed by atoms with Gasteiger partial charge in [0.1, 0.15) is 34.4 Å². The Bertz CT molecular complexity index is 1270. The summed E-state index contributed by atoms with van der Waals surface area (Å²) in [5, 5.41) is 13.5. The van der Waals surface area contributed by atoms with Crippen molar-refractivity contribution in [1.29, 1.82) is 0 Å². The number of aliphatic imine (C=N–C) groups is 1. The minimum atomic E-state index is -3.33. The molecule has 2 aromatic rings. The molecule has 2 amide bonds. The van der Waals surface area contributed by atoms with Crippen LogP contribution in [-0.4, -0.2) is 65.8 Å². The predicted molar refractivity (Wildman–Crippen MR) is 127 cm³/mol. The van der Waals surface area contributed by atoms with Crippen molar-refractivity contribution in [2.24, 2.45) is 4.99 Å². The number of thiol groups is 1. The molecular weight excluding hydrogens is 481 g/mol. The van der Waals surface area contributed by atoms with Gasteiger partial charge in [-0.1, -0.05) is 0 Å². The number of carbonyl (C=O) groups is 2. The predicted octanol–water partition coefficient (Wildman–Crippen LogP) is 1.24. The van der Waals surface area contributed by atoms with Crippen LogP contribution >= 0.6 is 0 Å². The number of nitrogens with zero attached hydrogens (tertiary/aromatic N) is 4. The lowest BCUT2D eigenvalue weighted by molar-refractivity contribution is 0.102. The first-order chi connectivity index (χ1) is 16.4. The fourth-order valence-electron chi connectivity index (χ4n) is 4.56. The highest BCUT2D eigenvalue weighted by Crippen LogP contribution is 2.48. The van der Waals surface area contributed by atoms with Crippen LogP contribution in [0.4, 0.5) is 15.0 Å². The molecule has 35 heavy (non-hydrogen) atoms. The van der Waals surface area contributed by atoms with Crippen molar-refractivity contribution in [3.63, 3.8) is 0 Å². The first-order valence-electron chi connectivity index (χ1n) is 10.7. The largest absolute Gasteiger partial charge is 0.480 e. The molecule has 188 valence electrons. The number of hydrogen-bond acceptors (Lipinski definition) is 8. The molecule has 14 heteroatoms. The summed E-state index contributed by atoms with van der Waals surface area (Å²) in [7, 11) is -1.91. The number of carbonyl (C=O) groups excluding carboxylic acids is 1. The zero-order chi connectivity index (χ0) is 25.6. The van der Waals surface area contributed by atoms with E-state index < -0.39 is 43.5 Å². The van der Waals surface area contributed by atoms with Crippen LogP contribution in [0.25, 0.3) is 0 Å². The van der Waals surface area contributed by atoms with Crippen molar-refractivity contribution < 1.29 is 28.0 Å². The number of ether oxygens (including phenoxy) is 1. The van der Waals surface area contributed by atoms with Gasteiger partial charge in [-0.25, -0.2) is 24.1 Å². The van der Waals surface area contributed by atoms with Gasteiger partial charge < -0.3 is 15.2 Å². The van der Waals surface area contributed by atoms with Gasteiger partial charge in [-0.05, 0) is 49.4 Å². The molecule has 4 rings (SSSR count). The van der Waals surface area contributed by atoms with E-state index in [0.717, 1.165) is 6.07 Å². The molecule has 2 aromatic heterocycles. The third-order valence-corrected chi connectivity index (χ3v) is 10.7. The third kappa shape index (κ3) is 4.01. The number of methoxy groups -OCH3 is 1. The molecule has 2 aliphatic rings. The average Bonchev–Trinajstić information content (AvgIpc) is 3.23. The summed E-state index contributed by atoms with van der Waals surface area (Å²) >= 11 is 0. The summed E-state index contributed by atoms with van der Waals surface area (Å²) in [5.74, 6) is -1.17. The highest BCUT2D eigenvalue weighted by atomic mass is 32.3. The van der Waals surface area contributed by atoms with E-state index in [1.165, 1.54) is 25.6 Å². The fourth-order valence-corrected chi connectivity index (χ4v) is 8.22. The summed E-state index contributed by atoms with van der Waals surface area (Å²) in [6.07, 6.45) is 1.54. The number of aromatic nitrogens is 3. The maximum atomic E-state index is 15.2. The Morgan fingerprint density at radius 2 is 1.97 bits per heavy atom. The number of rotatable bonds is 4. The molecule has 0 saturated carbocycles. The van der Waals surface area contributed by atoms with Crippen LogP contribution in [0.15, 0.2) is 29.5 Å². The number of carboxylic acid groups (broad SMARTS) is 1. The maximum absolute atomic E-state index is 15.2. The molecule has 0 radical (unpaired) electrons. The normalized spacial score (nSPS) is 25.1. The van der Waals surface area contributed by atoms with Crippen molar-refractivity contribution in [2.75, 3.05) is 19.0 Å². The highest BCUT2D eigenvalue weighted by molar-refractivity contribution is 8.04. The zero-order valence-electron chi connectivity index (χ0n) is 19.5. The second kappa shape index (κ2) is 8.61. The summed E-state index contributed by atoms with van der Waals surface area (Å²) in [5.41, 5.74) is -1.65. The van der Waals surface area contributed by atoms with Crippen molar-refractivity contribution in [2.45, 2.75) is 42.7 Å². The van der Waals surface area contributed by atoms with Gasteiger partial charge in [-0.15, -0.1) is 0 Å². The van der Waals surface area contributed by atoms with Crippen molar-refractivity contribution in [3.8, 4) is 5.88 Å². The first kappa shape index (κ1) is 24.6. The summed E-state index contributed by atoms with van der Waals surface area (Å²) in [6.45, 7) is 5.25. The van der Waals surface area contributed by atoms with Crippen LogP contribution in [-0.2, 0) is 15.7 Å². The topological polar surface area (TPSA) is 168 Å². The Labute approximate surface area is 201 Å². The van der Waals surface area contributed by atoms with Crippen molar-refractivity contribution in [3.05, 3.63) is 41.7 Å². The Kier molecular flexibility index (Phi) is 6.05. The number of hydrogen-bond donors (Lipinski definition) is 5. The number of fused-ring (bicyclic) bond motifs is 1. The fraction of sp³-hybridized carbons (Fsp3) is 0.429. The van der Waals surface area contributed by atoms with Crippen LogP contribution in [0, 0.1) is 5.82 Å². The highest BCUT2D eigenvalue weighted by Gasteiger charge is 2.59. The van der Waals surface area contributed by atoms with Gasteiger partial charge in [-0.2, -0.15) is 0 Å². The van der Waals surface area contributed by atoms with E-state index in [1.807, 2.05) is 0 Å². The molecule has 4 heterocycles. The average molecular weight is 508 g/mol. The second-order valence-electron chi connectivity index (χ2n) is 8.89. The van der Waals surface area contributed by atoms with Gasteiger partial charge in [0.2, 0.25) is 5.88 Å². The summed E-state index contributed by atoms with van der Waals surface area (Å²) < 4.78 is 36.2. The number of pyridine rings is 1. The van der Waals surface area contributed by atoms with Crippen LogP contribution < -0.4 is 20.1 Å². The van der Waals surface area contributed by atoms with Crippen LogP contribution in [0.1, 0.15) is 43.4 Å². The zero-order valence-corrected chi connectivity index (χ0v) is 20.4. The molecule has 1 fully saturated rings. The SMILES string of the molecule is COc1cnc(C(=O)Nc2ccc(F)c([C@@]3(C)N=C(NC(=O)O)C(C)(C)[SH]4(=O)NCC[C@H]34)n2)cn1. The van der Waals surface area contributed by atoms with E-state index >= 15 is 4.39 Å². The van der Waals surface area contributed by atoms with Gasteiger partial charge in [0.05, 0.1) is 29.5 Å². The minimum Gasteiger partial charge on any atom is -0.480 e. The number of amides is 2. The molecular formula is C21H26FN7O5S. The number of amidine groups is 1. The second-order valence-corrected chi connectivity index (χ2v) is 12.3. The summed E-state index contributed by atoms with van der Waals surface area (Å²) in [4.78, 5) is 40.9. The van der Waals surface area contributed by atoms with Gasteiger partial charge in [0.25, 0.3) is 5.91 Å². The molecule has 1 saturated heterocycles. The maximum Gasteiger partial charge on any atom is 0.410 e. The third-order valence-electron chi connectivity index (χ3n) is 6.47. The lowest BCUT2D eigenvalue weighted by atomic mass is 9.89. The van der Waals surface area contributed by atoms with Gasteiger partial charge in [0.15, 0.2) is 0 Å². The molecule has 4 N–H and O–H groups in total. The minimum absolute atomic E-state index is 0.0128. The van der Waals surface area contributed by atoms with Crippen LogP contribution in [0.2, 0.25) is 0 Å². The van der Waals surface area contributed by atoms with Crippen LogP contribution in [0.3, 0.4) is 0 Å². The van der Waals surface area contributed by atoms with E-state index in [1.54, 1.807) is 20.8 Å². The molecule has 0 aliphatic carbocycles. The Morgan fingerprint density at radius 1 is 1.23 bits per heavy atom. The standard InChI is InChI=1S/C21H26FN7O5S/c1-20(2)18(28-19(31)32)29-21(3,13-7-8-25-35(13,20)33)16-11(22)5-6-14(26-16)27-17(30)12-9-24-15(34-4)10-23-12/h5-6,9-10,13,35H,7-8H2,1-4H3,(H,25,33)(H,28,29)(H,31,32)(H,26,27,30)/t13-,21+/m1/s1. The Morgan fingerprint density at radius 3 is 2.60 bits per heavy atom. The van der Waals surface area contributed by atoms with Crippen LogP contribution in [0.5, 0.6) is 5.88 Å². The lowest BCUT2D eigenvalue weighted by Gasteiger charge is -2.50. The molecule has 0 spiro atoms. The lowest BCUT2D eigenvalue weighted by Crippen LogP contribution is -2.66. The van der Waals surface area contributed by atoms with E-state index in [0.29, 0.717) is 13.0 Å². The van der Waals surface area contributed by atoms with Crippen molar-refractivity contribution >= 4 is 33.8 Å². The molecule has 0 unspecified atom stereocenters. The quantitative estimate of drug-likeness (QED) is 0.385. The molecule has 12 nitrogen and oxygen atoms in total. The Hall–Kier alpha value is -3.52.